The first kappa shape index (κ1) is 19.8. The summed E-state index contributed by atoms with van der Waals surface area (Å²) in [7, 11) is 0. The Morgan fingerprint density at radius 2 is 1.30 bits per heavy atom. The van der Waals surface area contributed by atoms with E-state index in [9.17, 15) is 19.2 Å². The highest BCUT2D eigenvalue weighted by atomic mass is 16.2. The molecule has 6 nitrogen and oxygen atoms in total. The minimum Gasteiger partial charge on any atom is -0.272 e. The molecule has 0 aliphatic carbocycles. The summed E-state index contributed by atoms with van der Waals surface area (Å²) >= 11 is 0. The molecule has 0 bridgehead atoms. The number of nitrogens with zero attached hydrogens (tertiary/aromatic N) is 2. The van der Waals surface area contributed by atoms with Crippen molar-refractivity contribution in [2.24, 2.45) is 0 Å². The second kappa shape index (κ2) is 7.42. The first-order chi connectivity index (χ1) is 14.4. The van der Waals surface area contributed by atoms with Gasteiger partial charge in [0.15, 0.2) is 0 Å². The zero-order valence-electron chi connectivity index (χ0n) is 17.0. The highest BCUT2D eigenvalue weighted by Gasteiger charge is 2.40. The molecule has 1 atom stereocenters. The van der Waals surface area contributed by atoms with Crippen LogP contribution < -0.4 is 0 Å². The van der Waals surface area contributed by atoms with Crippen LogP contribution in [0.3, 0.4) is 0 Å². The highest BCUT2D eigenvalue weighted by molar-refractivity contribution is 6.33. The van der Waals surface area contributed by atoms with Crippen LogP contribution in [0.2, 0.25) is 0 Å². The lowest BCUT2D eigenvalue weighted by Gasteiger charge is -2.34. The third-order valence-electron chi connectivity index (χ3n) is 5.93. The fourth-order valence-corrected chi connectivity index (χ4v) is 4.40. The van der Waals surface area contributed by atoms with E-state index in [1.54, 1.807) is 24.3 Å². The Morgan fingerprint density at radius 1 is 0.833 bits per heavy atom. The fraction of sp³-hybridized carbons (Fsp3) is 0.333. The largest absolute Gasteiger partial charge is 0.272 e. The molecule has 0 radical (unpaired) electrons. The molecule has 4 amide bonds. The topological polar surface area (TPSA) is 74.8 Å². The molecule has 0 unspecified atom stereocenters. The van der Waals surface area contributed by atoms with Gasteiger partial charge in [0.05, 0.1) is 6.54 Å². The molecule has 0 aromatic heterocycles. The second-order valence-corrected chi connectivity index (χ2v) is 7.80. The fourth-order valence-electron chi connectivity index (χ4n) is 4.40. The number of terminal acetylenes is 1. The maximum atomic E-state index is 13.2. The van der Waals surface area contributed by atoms with Gasteiger partial charge in [-0.05, 0) is 37.6 Å². The summed E-state index contributed by atoms with van der Waals surface area (Å²) in [5.74, 6) is 0.543. The number of carbonyl (C=O) groups is 4. The molecule has 2 aromatic carbocycles. The number of imide groups is 2. The van der Waals surface area contributed by atoms with Crippen molar-refractivity contribution in [2.45, 2.75) is 45.6 Å². The van der Waals surface area contributed by atoms with Crippen LogP contribution in [-0.2, 0) is 0 Å². The predicted molar refractivity (Wildman–Crippen MR) is 112 cm³/mol. The van der Waals surface area contributed by atoms with E-state index in [2.05, 4.69) is 12.8 Å². The molecule has 6 heteroatoms. The van der Waals surface area contributed by atoms with Crippen molar-refractivity contribution >= 4 is 34.4 Å². The molecule has 30 heavy (non-hydrogen) atoms. The number of rotatable bonds is 6. The van der Waals surface area contributed by atoms with E-state index in [0.29, 0.717) is 21.9 Å². The lowest BCUT2D eigenvalue weighted by atomic mass is 9.85. The summed E-state index contributed by atoms with van der Waals surface area (Å²) < 4.78 is 0. The first-order valence-corrected chi connectivity index (χ1v) is 10.2. The summed E-state index contributed by atoms with van der Waals surface area (Å²) in [5.41, 5.74) is 1.26. The summed E-state index contributed by atoms with van der Waals surface area (Å²) in [4.78, 5) is 54.5. The summed E-state index contributed by atoms with van der Waals surface area (Å²) in [6.45, 7) is 3.85. The van der Waals surface area contributed by atoms with Gasteiger partial charge < -0.3 is 0 Å². The van der Waals surface area contributed by atoms with Crippen LogP contribution in [0, 0.1) is 12.3 Å². The second-order valence-electron chi connectivity index (χ2n) is 7.80. The minimum atomic E-state index is -0.510. The molecule has 0 spiro atoms. The average Bonchev–Trinajstić information content (AvgIpc) is 2.73. The van der Waals surface area contributed by atoms with E-state index in [4.69, 9.17) is 6.42 Å². The third kappa shape index (κ3) is 2.73. The molecule has 0 saturated carbocycles. The van der Waals surface area contributed by atoms with Crippen molar-refractivity contribution in [3.05, 3.63) is 46.5 Å². The standard InChI is InChI=1S/C24H22N2O4/c1-4-6-7-8-14(3)26-23(29)17-11-9-15-19-16(10-12-18(20(17)19)24(26)30)22(28)25(13-5-2)21(15)27/h2,9-12,14H,4,6-8,13H2,1,3H3/t14-/m1/s1. The summed E-state index contributed by atoms with van der Waals surface area (Å²) in [6, 6.07) is 6.02. The van der Waals surface area contributed by atoms with Gasteiger partial charge in [-0.2, -0.15) is 0 Å². The molecule has 4 rings (SSSR count). The van der Waals surface area contributed by atoms with Gasteiger partial charge in [-0.1, -0.05) is 32.1 Å². The molecular formula is C24H22N2O4. The van der Waals surface area contributed by atoms with Gasteiger partial charge in [-0.25, -0.2) is 0 Å². The smallest absolute Gasteiger partial charge is 0.262 e. The van der Waals surface area contributed by atoms with Gasteiger partial charge in [0.2, 0.25) is 0 Å². The van der Waals surface area contributed by atoms with Crippen LogP contribution in [0.25, 0.3) is 10.8 Å². The van der Waals surface area contributed by atoms with Gasteiger partial charge in [-0.15, -0.1) is 6.42 Å². The number of hydrogen-bond acceptors (Lipinski definition) is 4. The monoisotopic (exact) mass is 402 g/mol. The Bertz CT molecular complexity index is 1090. The zero-order valence-corrected chi connectivity index (χ0v) is 17.0. The van der Waals surface area contributed by atoms with Crippen molar-refractivity contribution in [1.82, 2.24) is 9.80 Å². The molecule has 0 saturated heterocycles. The Kier molecular flexibility index (Phi) is 4.90. The van der Waals surface area contributed by atoms with E-state index in [-0.39, 0.29) is 35.5 Å². The Morgan fingerprint density at radius 3 is 1.73 bits per heavy atom. The van der Waals surface area contributed by atoms with Crippen molar-refractivity contribution in [1.29, 1.82) is 0 Å². The van der Waals surface area contributed by atoms with Crippen molar-refractivity contribution in [3.63, 3.8) is 0 Å². The maximum absolute atomic E-state index is 13.2. The normalized spacial score (nSPS) is 16.3. The Labute approximate surface area is 174 Å². The van der Waals surface area contributed by atoms with Crippen LogP contribution in [-0.4, -0.2) is 46.0 Å². The van der Waals surface area contributed by atoms with Crippen molar-refractivity contribution < 1.29 is 19.2 Å². The summed E-state index contributed by atoms with van der Waals surface area (Å²) in [5, 5.41) is 0.757. The number of carbonyl (C=O) groups excluding carboxylic acids is 4. The number of unbranched alkanes of at least 4 members (excludes halogenated alkanes) is 2. The van der Waals surface area contributed by atoms with Crippen LogP contribution in [0.15, 0.2) is 24.3 Å². The molecule has 0 fully saturated rings. The first-order valence-electron chi connectivity index (χ1n) is 10.2. The Hall–Kier alpha value is -3.46. The van der Waals surface area contributed by atoms with E-state index in [0.717, 1.165) is 30.6 Å². The van der Waals surface area contributed by atoms with Crippen LogP contribution in [0.5, 0.6) is 0 Å². The molecule has 0 N–H and O–H groups in total. The molecule has 2 aromatic rings. The lowest BCUT2D eigenvalue weighted by Crippen LogP contribution is -2.46. The predicted octanol–water partition coefficient (Wildman–Crippen LogP) is 3.63. The van der Waals surface area contributed by atoms with E-state index in [1.807, 2.05) is 6.92 Å². The molecule has 152 valence electrons. The van der Waals surface area contributed by atoms with E-state index >= 15 is 0 Å². The Balaban J connectivity index is 1.86. The number of hydrogen-bond donors (Lipinski definition) is 0. The number of amides is 4. The third-order valence-corrected chi connectivity index (χ3v) is 5.93. The van der Waals surface area contributed by atoms with Gasteiger partial charge in [0, 0.05) is 39.1 Å². The number of benzene rings is 2. The van der Waals surface area contributed by atoms with Crippen molar-refractivity contribution in [2.75, 3.05) is 6.54 Å². The van der Waals surface area contributed by atoms with Crippen LogP contribution in [0.4, 0.5) is 0 Å². The lowest BCUT2D eigenvalue weighted by molar-refractivity contribution is 0.0537. The summed E-state index contributed by atoms with van der Waals surface area (Å²) in [6.07, 6.45) is 9.08. The van der Waals surface area contributed by atoms with Crippen LogP contribution >= 0.6 is 0 Å². The molecule has 2 heterocycles. The molecule has 2 aliphatic heterocycles. The van der Waals surface area contributed by atoms with Crippen LogP contribution in [0.1, 0.15) is 81.0 Å². The average molecular weight is 402 g/mol. The molecule has 2 aliphatic rings. The maximum Gasteiger partial charge on any atom is 0.262 e. The SMILES string of the molecule is C#CCN1C(=O)c2ccc3c4c(ccc(c24)C1=O)C(=O)N([C@H](C)CCCCC)C3=O. The highest BCUT2D eigenvalue weighted by Crippen LogP contribution is 2.38. The van der Waals surface area contributed by atoms with Gasteiger partial charge in [0.25, 0.3) is 23.6 Å². The quantitative estimate of drug-likeness (QED) is 0.420. The van der Waals surface area contributed by atoms with Crippen molar-refractivity contribution in [3.8, 4) is 12.3 Å². The van der Waals surface area contributed by atoms with Gasteiger partial charge in [-0.3, -0.25) is 29.0 Å². The van der Waals surface area contributed by atoms with E-state index < -0.39 is 11.8 Å². The van der Waals surface area contributed by atoms with Gasteiger partial charge in [0.1, 0.15) is 0 Å². The molecular weight excluding hydrogens is 380 g/mol. The minimum absolute atomic E-state index is 0.136. The van der Waals surface area contributed by atoms with E-state index in [1.165, 1.54) is 4.90 Å². The van der Waals surface area contributed by atoms with Gasteiger partial charge >= 0.3 is 0 Å². The zero-order chi connectivity index (χ0) is 21.6.